The van der Waals surface area contributed by atoms with E-state index in [2.05, 4.69) is 10.3 Å². The standard InChI is InChI=1S/C19H17N3O6S/c1-10-14-17(20-9-22(18(14)26)8-11-5-3-2-4-6-11)29-15(10)16(25)21-12(19(27)28)7-13(23)24/h2-6,9,12H,7-8H2,1H3,(H,21,25)(H,23,24)(H,27,28). The van der Waals surface area contributed by atoms with Crippen molar-refractivity contribution in [1.82, 2.24) is 14.9 Å². The summed E-state index contributed by atoms with van der Waals surface area (Å²) in [6.45, 7) is 1.90. The van der Waals surface area contributed by atoms with Gasteiger partial charge in [-0.3, -0.25) is 19.0 Å². The minimum atomic E-state index is -1.58. The van der Waals surface area contributed by atoms with Gasteiger partial charge in [-0.15, -0.1) is 11.3 Å². The van der Waals surface area contributed by atoms with Gasteiger partial charge in [0.05, 0.1) is 29.6 Å². The maximum atomic E-state index is 12.9. The van der Waals surface area contributed by atoms with Crippen molar-refractivity contribution < 1.29 is 24.6 Å². The topological polar surface area (TPSA) is 139 Å². The number of carboxylic acids is 2. The zero-order valence-corrected chi connectivity index (χ0v) is 16.1. The number of amides is 1. The van der Waals surface area contributed by atoms with Crippen LogP contribution in [0.25, 0.3) is 10.2 Å². The minimum Gasteiger partial charge on any atom is -0.481 e. The van der Waals surface area contributed by atoms with Gasteiger partial charge >= 0.3 is 11.9 Å². The number of aromatic nitrogens is 2. The molecule has 1 atom stereocenters. The molecule has 3 N–H and O–H groups in total. The van der Waals surface area contributed by atoms with Crippen LogP contribution < -0.4 is 10.9 Å². The van der Waals surface area contributed by atoms with Crippen LogP contribution >= 0.6 is 11.3 Å². The summed E-state index contributed by atoms with van der Waals surface area (Å²) in [5.41, 5.74) is 0.980. The quantitative estimate of drug-likeness (QED) is 0.531. The number of carbonyl (C=O) groups excluding carboxylic acids is 1. The SMILES string of the molecule is Cc1c(C(=O)NC(CC(=O)O)C(=O)O)sc2ncn(Cc3ccccc3)c(=O)c12. The number of carboxylic acid groups (broad SMARTS) is 2. The van der Waals surface area contributed by atoms with Crippen molar-refractivity contribution in [2.45, 2.75) is 25.9 Å². The van der Waals surface area contributed by atoms with Crippen LogP contribution in [-0.2, 0) is 16.1 Å². The van der Waals surface area contributed by atoms with Gasteiger partial charge in [0.1, 0.15) is 10.9 Å². The molecule has 10 heteroatoms. The molecule has 0 aliphatic carbocycles. The number of nitrogens with one attached hydrogen (secondary N) is 1. The van der Waals surface area contributed by atoms with Gasteiger partial charge in [-0.2, -0.15) is 0 Å². The van der Waals surface area contributed by atoms with Crippen LogP contribution in [-0.4, -0.2) is 43.7 Å². The zero-order valence-electron chi connectivity index (χ0n) is 15.3. The third-order valence-electron chi connectivity index (χ3n) is 4.30. The molecule has 0 spiro atoms. The monoisotopic (exact) mass is 415 g/mol. The summed E-state index contributed by atoms with van der Waals surface area (Å²) in [5, 5.41) is 20.4. The van der Waals surface area contributed by atoms with Gasteiger partial charge in [-0.05, 0) is 18.1 Å². The Hall–Kier alpha value is -3.53. The lowest BCUT2D eigenvalue weighted by atomic mass is 10.1. The number of carbonyl (C=O) groups is 3. The largest absolute Gasteiger partial charge is 0.481 e. The van der Waals surface area contributed by atoms with Crippen molar-refractivity contribution in [2.75, 3.05) is 0 Å². The third-order valence-corrected chi connectivity index (χ3v) is 5.50. The molecule has 150 valence electrons. The number of rotatable bonds is 7. The molecular formula is C19H17N3O6S. The summed E-state index contributed by atoms with van der Waals surface area (Å²) >= 11 is 0.957. The Morgan fingerprint density at radius 3 is 2.52 bits per heavy atom. The van der Waals surface area contributed by atoms with Crippen molar-refractivity contribution in [3.8, 4) is 0 Å². The second-order valence-corrected chi connectivity index (χ2v) is 7.36. The number of aliphatic carboxylic acids is 2. The van der Waals surface area contributed by atoms with E-state index in [1.54, 1.807) is 6.92 Å². The summed E-state index contributed by atoms with van der Waals surface area (Å²) in [6.07, 6.45) is 0.646. The summed E-state index contributed by atoms with van der Waals surface area (Å²) < 4.78 is 1.43. The first-order chi connectivity index (χ1) is 13.8. The van der Waals surface area contributed by atoms with Crippen LogP contribution in [0.5, 0.6) is 0 Å². The fourth-order valence-electron chi connectivity index (χ4n) is 2.87. The number of hydrogen-bond acceptors (Lipinski definition) is 6. The van der Waals surface area contributed by atoms with Crippen LogP contribution in [0.2, 0.25) is 0 Å². The van der Waals surface area contributed by atoms with Gasteiger partial charge in [0.2, 0.25) is 0 Å². The van der Waals surface area contributed by atoms with Crippen LogP contribution in [0.3, 0.4) is 0 Å². The summed E-state index contributed by atoms with van der Waals surface area (Å²) in [5.74, 6) is -3.56. The summed E-state index contributed by atoms with van der Waals surface area (Å²) in [7, 11) is 0. The molecule has 1 amide bonds. The normalized spacial score (nSPS) is 11.9. The Labute approximate surface area is 168 Å². The van der Waals surface area contributed by atoms with Gasteiger partial charge in [-0.25, -0.2) is 9.78 Å². The lowest BCUT2D eigenvalue weighted by molar-refractivity contribution is -0.145. The molecule has 1 aromatic carbocycles. The predicted octanol–water partition coefficient (Wildman–Crippen LogP) is 1.47. The van der Waals surface area contributed by atoms with E-state index in [1.807, 2.05) is 30.3 Å². The number of fused-ring (bicyclic) bond motifs is 1. The first kappa shape index (κ1) is 20.2. The van der Waals surface area contributed by atoms with Gasteiger partial charge in [0.25, 0.3) is 11.5 Å². The predicted molar refractivity (Wildman–Crippen MR) is 105 cm³/mol. The molecule has 9 nitrogen and oxygen atoms in total. The summed E-state index contributed by atoms with van der Waals surface area (Å²) in [6, 6.07) is 7.78. The smallest absolute Gasteiger partial charge is 0.326 e. The molecule has 0 saturated carbocycles. The van der Waals surface area contributed by atoms with Crippen molar-refractivity contribution in [1.29, 1.82) is 0 Å². The highest BCUT2D eigenvalue weighted by molar-refractivity contribution is 7.20. The van der Waals surface area contributed by atoms with E-state index >= 15 is 0 Å². The molecular weight excluding hydrogens is 398 g/mol. The highest BCUT2D eigenvalue weighted by atomic mass is 32.1. The van der Waals surface area contributed by atoms with E-state index in [-0.39, 0.29) is 15.8 Å². The molecule has 0 radical (unpaired) electrons. The molecule has 0 fully saturated rings. The molecule has 0 aliphatic heterocycles. The van der Waals surface area contributed by atoms with Crippen molar-refractivity contribution in [2.24, 2.45) is 0 Å². The Bertz CT molecular complexity index is 1150. The highest BCUT2D eigenvalue weighted by Crippen LogP contribution is 2.27. The van der Waals surface area contributed by atoms with Crippen molar-refractivity contribution in [3.05, 3.63) is 63.0 Å². The second-order valence-electron chi connectivity index (χ2n) is 6.36. The maximum absolute atomic E-state index is 12.9. The van der Waals surface area contributed by atoms with Crippen LogP contribution in [0.15, 0.2) is 41.5 Å². The molecule has 2 heterocycles. The maximum Gasteiger partial charge on any atom is 0.326 e. The Morgan fingerprint density at radius 2 is 1.90 bits per heavy atom. The number of aryl methyl sites for hydroxylation is 1. The molecule has 0 aliphatic rings. The van der Waals surface area contributed by atoms with Gasteiger partial charge in [-0.1, -0.05) is 30.3 Å². The average molecular weight is 415 g/mol. The first-order valence-electron chi connectivity index (χ1n) is 8.56. The van der Waals surface area contributed by atoms with E-state index in [4.69, 9.17) is 10.2 Å². The van der Waals surface area contributed by atoms with Crippen LogP contribution in [0.1, 0.15) is 27.2 Å². The van der Waals surface area contributed by atoms with Gasteiger partial charge in [0, 0.05) is 0 Å². The number of hydrogen-bond donors (Lipinski definition) is 3. The first-order valence-corrected chi connectivity index (χ1v) is 9.37. The molecule has 0 saturated heterocycles. The van der Waals surface area contributed by atoms with E-state index < -0.39 is 30.3 Å². The molecule has 0 bridgehead atoms. The Morgan fingerprint density at radius 1 is 1.21 bits per heavy atom. The van der Waals surface area contributed by atoms with E-state index in [0.29, 0.717) is 16.9 Å². The molecule has 3 rings (SSSR count). The molecule has 29 heavy (non-hydrogen) atoms. The van der Waals surface area contributed by atoms with Crippen molar-refractivity contribution >= 4 is 39.4 Å². The van der Waals surface area contributed by atoms with Crippen LogP contribution in [0, 0.1) is 6.92 Å². The fraction of sp³-hybridized carbons (Fsp3) is 0.211. The Balaban J connectivity index is 1.94. The highest BCUT2D eigenvalue weighted by Gasteiger charge is 2.26. The average Bonchev–Trinajstić information content (AvgIpc) is 3.01. The summed E-state index contributed by atoms with van der Waals surface area (Å²) in [4.78, 5) is 52.1. The van der Waals surface area contributed by atoms with Crippen molar-refractivity contribution in [3.63, 3.8) is 0 Å². The number of benzene rings is 1. The van der Waals surface area contributed by atoms with Crippen LogP contribution in [0.4, 0.5) is 0 Å². The fourth-order valence-corrected chi connectivity index (χ4v) is 3.91. The number of nitrogens with zero attached hydrogens (tertiary/aromatic N) is 2. The van der Waals surface area contributed by atoms with E-state index in [1.165, 1.54) is 10.9 Å². The second kappa shape index (κ2) is 8.23. The van der Waals surface area contributed by atoms with Gasteiger partial charge in [0.15, 0.2) is 0 Å². The zero-order chi connectivity index (χ0) is 21.1. The lowest BCUT2D eigenvalue weighted by Crippen LogP contribution is -2.42. The van der Waals surface area contributed by atoms with E-state index in [9.17, 15) is 19.2 Å². The van der Waals surface area contributed by atoms with E-state index in [0.717, 1.165) is 16.9 Å². The third kappa shape index (κ3) is 4.32. The molecule has 2 aromatic heterocycles. The Kier molecular flexibility index (Phi) is 5.74. The molecule has 3 aromatic rings. The molecule has 1 unspecified atom stereocenters. The number of thiophene rings is 1. The minimum absolute atomic E-state index is 0.124. The van der Waals surface area contributed by atoms with Gasteiger partial charge < -0.3 is 15.5 Å². The lowest BCUT2D eigenvalue weighted by Gasteiger charge is -2.11.